The summed E-state index contributed by atoms with van der Waals surface area (Å²) in [6.07, 6.45) is 19.1. The zero-order chi connectivity index (χ0) is 16.8. The molecule has 0 N–H and O–H groups in total. The fourth-order valence-corrected chi connectivity index (χ4v) is 10.4. The van der Waals surface area contributed by atoms with E-state index in [0.717, 1.165) is 35.5 Å². The van der Waals surface area contributed by atoms with Crippen LogP contribution in [0.4, 0.5) is 0 Å². The molecular weight excluding hydrogens is 300 g/mol. The molecule has 0 nitrogen and oxygen atoms in total. The summed E-state index contributed by atoms with van der Waals surface area (Å²) in [7, 11) is 0. The van der Waals surface area contributed by atoms with Gasteiger partial charge in [-0.15, -0.1) is 0 Å². The molecule has 6 rings (SSSR count). The lowest BCUT2D eigenvalue weighted by Gasteiger charge is -2.40. The Morgan fingerprint density at radius 2 is 1.00 bits per heavy atom. The van der Waals surface area contributed by atoms with E-state index in [4.69, 9.17) is 0 Å². The first-order valence-corrected chi connectivity index (χ1v) is 12.1. The zero-order valence-corrected chi connectivity index (χ0v) is 16.8. The molecule has 0 saturated heterocycles. The Balaban J connectivity index is 1.11. The van der Waals surface area contributed by atoms with Crippen molar-refractivity contribution in [2.24, 2.45) is 64.6 Å². The fraction of sp³-hybridized carbons (Fsp3) is 1.00. The molecule has 0 heteroatoms. The summed E-state index contributed by atoms with van der Waals surface area (Å²) in [5, 5.41) is 0. The van der Waals surface area contributed by atoms with Crippen LogP contribution in [0.25, 0.3) is 0 Å². The maximum absolute atomic E-state index is 2.66. The number of hydrogen-bond donors (Lipinski definition) is 0. The Morgan fingerprint density at radius 3 is 1.48 bits per heavy atom. The highest BCUT2D eigenvalue weighted by Crippen LogP contribution is 2.65. The summed E-state index contributed by atoms with van der Waals surface area (Å²) in [5.41, 5.74) is 0.618. The van der Waals surface area contributed by atoms with Gasteiger partial charge in [0.05, 0.1) is 0 Å². The molecule has 0 aromatic carbocycles. The quantitative estimate of drug-likeness (QED) is 0.520. The molecule has 4 bridgehead atoms. The van der Waals surface area contributed by atoms with E-state index in [-0.39, 0.29) is 0 Å². The van der Waals surface area contributed by atoms with Gasteiger partial charge in [-0.1, -0.05) is 26.7 Å². The molecule has 10 atom stereocenters. The van der Waals surface area contributed by atoms with Crippen LogP contribution >= 0.6 is 0 Å². The highest BCUT2D eigenvalue weighted by atomic mass is 14.6. The molecule has 140 valence electrons. The molecule has 0 aromatic rings. The van der Waals surface area contributed by atoms with E-state index >= 15 is 0 Å². The molecule has 6 aliphatic rings. The monoisotopic (exact) mass is 340 g/mol. The van der Waals surface area contributed by atoms with Crippen molar-refractivity contribution in [3.8, 4) is 0 Å². The van der Waals surface area contributed by atoms with Crippen molar-refractivity contribution in [1.82, 2.24) is 0 Å². The van der Waals surface area contributed by atoms with Crippen molar-refractivity contribution in [2.75, 3.05) is 0 Å². The maximum atomic E-state index is 2.66. The molecule has 0 spiro atoms. The van der Waals surface area contributed by atoms with Crippen LogP contribution in [0.1, 0.15) is 90.9 Å². The Hall–Kier alpha value is 0. The first-order chi connectivity index (χ1) is 12.1. The first-order valence-electron chi connectivity index (χ1n) is 12.1. The van der Waals surface area contributed by atoms with Gasteiger partial charge in [-0.25, -0.2) is 0 Å². The van der Waals surface area contributed by atoms with Crippen molar-refractivity contribution in [1.29, 1.82) is 0 Å². The summed E-state index contributed by atoms with van der Waals surface area (Å²) in [6, 6.07) is 0. The summed E-state index contributed by atoms with van der Waals surface area (Å²) in [5.74, 6) is 11.5. The number of rotatable bonds is 4. The van der Waals surface area contributed by atoms with E-state index in [1.165, 1.54) is 23.7 Å². The average molecular weight is 341 g/mol. The fourth-order valence-electron chi connectivity index (χ4n) is 10.4. The first kappa shape index (κ1) is 16.0. The van der Waals surface area contributed by atoms with Gasteiger partial charge in [-0.05, 0) is 129 Å². The van der Waals surface area contributed by atoms with Crippen LogP contribution in [0.5, 0.6) is 0 Å². The zero-order valence-electron chi connectivity index (χ0n) is 16.8. The molecule has 0 heterocycles. The average Bonchev–Trinajstić information content (AvgIpc) is 3.33. The lowest BCUT2D eigenvalue weighted by Crippen LogP contribution is -2.32. The maximum Gasteiger partial charge on any atom is -0.0349 e. The Labute approximate surface area is 155 Å². The molecular formula is C25H40. The predicted octanol–water partition coefficient (Wildman–Crippen LogP) is 6.94. The minimum atomic E-state index is 0.618. The van der Waals surface area contributed by atoms with Crippen LogP contribution < -0.4 is 0 Å². The summed E-state index contributed by atoms with van der Waals surface area (Å²) < 4.78 is 0. The Bertz CT molecular complexity index is 486. The van der Waals surface area contributed by atoms with Crippen molar-refractivity contribution >= 4 is 0 Å². The minimum Gasteiger partial charge on any atom is -0.0599 e. The molecule has 6 fully saturated rings. The van der Waals surface area contributed by atoms with Crippen LogP contribution in [0, 0.1) is 64.6 Å². The Morgan fingerprint density at radius 1 is 0.560 bits per heavy atom. The standard InChI is InChI=1S/C25H40/c1-25(2,13-17-9-15-11-23(17)21-7-3-5-19(15)21)14-18-10-16-12-24(18)22-8-4-6-20(16)22/h15-24H,3-14H2,1-2H3. The van der Waals surface area contributed by atoms with E-state index in [9.17, 15) is 0 Å². The van der Waals surface area contributed by atoms with Crippen LogP contribution in [0.3, 0.4) is 0 Å². The largest absolute Gasteiger partial charge is 0.0599 e. The smallest absolute Gasteiger partial charge is 0.0349 e. The topological polar surface area (TPSA) is 0 Å². The lowest BCUT2D eigenvalue weighted by atomic mass is 9.65. The van der Waals surface area contributed by atoms with Crippen LogP contribution in [-0.4, -0.2) is 0 Å². The van der Waals surface area contributed by atoms with Gasteiger partial charge in [0.2, 0.25) is 0 Å². The van der Waals surface area contributed by atoms with Crippen molar-refractivity contribution < 1.29 is 0 Å². The van der Waals surface area contributed by atoms with Gasteiger partial charge in [0.25, 0.3) is 0 Å². The van der Waals surface area contributed by atoms with Gasteiger partial charge in [-0.2, -0.15) is 0 Å². The molecule has 10 unspecified atom stereocenters. The van der Waals surface area contributed by atoms with Gasteiger partial charge in [0.1, 0.15) is 0 Å². The lowest BCUT2D eigenvalue weighted by molar-refractivity contribution is 0.0944. The van der Waals surface area contributed by atoms with Gasteiger partial charge in [0.15, 0.2) is 0 Å². The second-order valence-electron chi connectivity index (χ2n) is 12.4. The van der Waals surface area contributed by atoms with Gasteiger partial charge in [-0.3, -0.25) is 0 Å². The van der Waals surface area contributed by atoms with Crippen LogP contribution in [0.2, 0.25) is 0 Å². The van der Waals surface area contributed by atoms with Gasteiger partial charge < -0.3 is 0 Å². The van der Waals surface area contributed by atoms with E-state index in [1.807, 2.05) is 0 Å². The van der Waals surface area contributed by atoms with Crippen molar-refractivity contribution in [3.63, 3.8) is 0 Å². The predicted molar refractivity (Wildman–Crippen MR) is 104 cm³/mol. The second-order valence-corrected chi connectivity index (χ2v) is 12.4. The number of hydrogen-bond acceptors (Lipinski definition) is 0. The van der Waals surface area contributed by atoms with E-state index in [2.05, 4.69) is 13.8 Å². The summed E-state index contributed by atoms with van der Waals surface area (Å²) in [6.45, 7) is 5.31. The van der Waals surface area contributed by atoms with Crippen molar-refractivity contribution in [2.45, 2.75) is 90.9 Å². The third-order valence-electron chi connectivity index (χ3n) is 10.8. The number of fused-ring (bicyclic) bond motifs is 10. The van der Waals surface area contributed by atoms with Gasteiger partial charge in [0, 0.05) is 0 Å². The summed E-state index contributed by atoms with van der Waals surface area (Å²) >= 11 is 0. The summed E-state index contributed by atoms with van der Waals surface area (Å²) in [4.78, 5) is 0. The molecule has 0 aliphatic heterocycles. The van der Waals surface area contributed by atoms with Crippen molar-refractivity contribution in [3.05, 3.63) is 0 Å². The Kier molecular flexibility index (Phi) is 3.53. The molecule has 6 aliphatic carbocycles. The third kappa shape index (κ3) is 2.37. The molecule has 0 radical (unpaired) electrons. The SMILES string of the molecule is CC(C)(CC1CC2CC1C1CCCC21)CC1CC2CC1C1CCCC21. The highest BCUT2D eigenvalue weighted by Gasteiger charge is 2.56. The minimum absolute atomic E-state index is 0.618. The van der Waals surface area contributed by atoms with Crippen LogP contribution in [-0.2, 0) is 0 Å². The van der Waals surface area contributed by atoms with E-state index < -0.39 is 0 Å². The normalized spacial score (nSPS) is 55.9. The molecule has 6 saturated carbocycles. The second kappa shape index (κ2) is 5.51. The van der Waals surface area contributed by atoms with Crippen LogP contribution in [0.15, 0.2) is 0 Å². The molecule has 25 heavy (non-hydrogen) atoms. The molecule has 0 amide bonds. The van der Waals surface area contributed by atoms with E-state index in [0.29, 0.717) is 5.41 Å². The van der Waals surface area contributed by atoms with Gasteiger partial charge >= 0.3 is 0 Å². The third-order valence-corrected chi connectivity index (χ3v) is 10.8. The van der Waals surface area contributed by atoms with E-state index in [1.54, 1.807) is 77.0 Å². The highest BCUT2D eigenvalue weighted by molar-refractivity contribution is 5.06. The molecule has 0 aromatic heterocycles.